The number of carbonyl (C=O) groups is 1. The van der Waals surface area contributed by atoms with Crippen molar-refractivity contribution in [3.05, 3.63) is 98.7 Å². The first-order valence-electron chi connectivity index (χ1n) is 10.8. The van der Waals surface area contributed by atoms with Gasteiger partial charge in [0.15, 0.2) is 0 Å². The summed E-state index contributed by atoms with van der Waals surface area (Å²) in [7, 11) is 0. The molecular formula is C24H21FN6O3. The van der Waals surface area contributed by atoms with Gasteiger partial charge >= 0.3 is 5.69 Å². The fraction of sp³-hybridized carbons (Fsp3) is 0.208. The van der Waals surface area contributed by atoms with Gasteiger partial charge in [-0.25, -0.2) is 19.2 Å². The fourth-order valence-electron chi connectivity index (χ4n) is 4.17. The van der Waals surface area contributed by atoms with Crippen LogP contribution in [-0.2, 0) is 6.54 Å². The second kappa shape index (κ2) is 8.89. The topological polar surface area (TPSA) is 104 Å². The van der Waals surface area contributed by atoms with Crippen molar-refractivity contribution >= 4 is 22.8 Å². The van der Waals surface area contributed by atoms with E-state index >= 15 is 4.39 Å². The number of nitrogens with one attached hydrogen (secondary N) is 1. The van der Waals surface area contributed by atoms with Gasteiger partial charge in [-0.1, -0.05) is 24.3 Å². The smallest absolute Gasteiger partial charge is 0.329 e. The molecule has 0 spiro atoms. The van der Waals surface area contributed by atoms with Crippen LogP contribution in [0.1, 0.15) is 15.9 Å². The van der Waals surface area contributed by atoms with Crippen LogP contribution in [0.15, 0.2) is 70.5 Å². The minimum absolute atomic E-state index is 0.0521. The molecule has 5 rings (SSSR count). The maximum Gasteiger partial charge on any atom is 0.329 e. The third-order valence-corrected chi connectivity index (χ3v) is 5.94. The van der Waals surface area contributed by atoms with Crippen LogP contribution < -0.4 is 16.1 Å². The lowest BCUT2D eigenvalue weighted by molar-refractivity contribution is 0.0741. The molecule has 0 bridgehead atoms. The Bertz CT molecular complexity index is 1480. The molecule has 2 aromatic carbocycles. The number of carbonyl (C=O) groups excluding carboxylic acids is 1. The quantitative estimate of drug-likeness (QED) is 0.497. The van der Waals surface area contributed by atoms with Crippen LogP contribution >= 0.6 is 0 Å². The predicted octanol–water partition coefficient (Wildman–Crippen LogP) is 1.63. The van der Waals surface area contributed by atoms with Gasteiger partial charge in [-0.05, 0) is 24.3 Å². The number of nitrogens with zero attached hydrogens (tertiary/aromatic N) is 5. The average Bonchev–Trinajstić information content (AvgIpc) is 2.88. The molecule has 9 nitrogen and oxygen atoms in total. The number of amides is 1. The van der Waals surface area contributed by atoms with Gasteiger partial charge in [0, 0.05) is 44.1 Å². The van der Waals surface area contributed by atoms with Gasteiger partial charge in [0.2, 0.25) is 5.95 Å². The van der Waals surface area contributed by atoms with Crippen LogP contribution in [0.3, 0.4) is 0 Å². The van der Waals surface area contributed by atoms with E-state index in [2.05, 4.69) is 15.0 Å². The molecule has 1 N–H and O–H groups in total. The molecule has 10 heteroatoms. The number of anilines is 1. The van der Waals surface area contributed by atoms with Crippen LogP contribution in [0.4, 0.5) is 10.3 Å². The predicted molar refractivity (Wildman–Crippen MR) is 124 cm³/mol. The lowest BCUT2D eigenvalue weighted by Gasteiger charge is -2.34. The van der Waals surface area contributed by atoms with Gasteiger partial charge in [-0.2, -0.15) is 0 Å². The highest BCUT2D eigenvalue weighted by molar-refractivity contribution is 5.95. The lowest BCUT2D eigenvalue weighted by atomic mass is 10.1. The third kappa shape index (κ3) is 3.94. The molecule has 0 radical (unpaired) electrons. The summed E-state index contributed by atoms with van der Waals surface area (Å²) in [6.07, 6.45) is 3.33. The van der Waals surface area contributed by atoms with E-state index in [0.29, 0.717) is 43.0 Å². The molecule has 1 aliphatic rings. The number of hydrogen-bond donors (Lipinski definition) is 1. The minimum Gasteiger partial charge on any atom is -0.337 e. The molecule has 2 aromatic heterocycles. The Kier molecular flexibility index (Phi) is 5.62. The Hall–Kier alpha value is -4.34. The van der Waals surface area contributed by atoms with E-state index in [0.717, 1.165) is 0 Å². The summed E-state index contributed by atoms with van der Waals surface area (Å²) >= 11 is 0. The van der Waals surface area contributed by atoms with Crippen molar-refractivity contribution in [1.29, 1.82) is 0 Å². The monoisotopic (exact) mass is 460 g/mol. The first-order valence-corrected chi connectivity index (χ1v) is 10.8. The summed E-state index contributed by atoms with van der Waals surface area (Å²) in [5.74, 6) is -0.489. The number of H-pyrrole nitrogens is 1. The minimum atomic E-state index is -0.677. The van der Waals surface area contributed by atoms with E-state index in [-0.39, 0.29) is 17.7 Å². The summed E-state index contributed by atoms with van der Waals surface area (Å²) < 4.78 is 16.7. The number of benzene rings is 2. The maximum atomic E-state index is 15.5. The van der Waals surface area contributed by atoms with Crippen molar-refractivity contribution in [1.82, 2.24) is 24.4 Å². The van der Waals surface area contributed by atoms with Crippen molar-refractivity contribution in [2.75, 3.05) is 31.1 Å². The molecule has 172 valence electrons. The van der Waals surface area contributed by atoms with Gasteiger partial charge in [0.25, 0.3) is 11.5 Å². The highest BCUT2D eigenvalue weighted by Crippen LogP contribution is 2.19. The highest BCUT2D eigenvalue weighted by Gasteiger charge is 2.26. The summed E-state index contributed by atoms with van der Waals surface area (Å²) in [5, 5.41) is 0.329. The highest BCUT2D eigenvalue weighted by atomic mass is 19.1. The fourth-order valence-corrected chi connectivity index (χ4v) is 4.17. The number of hydrogen-bond acceptors (Lipinski definition) is 6. The summed E-state index contributed by atoms with van der Waals surface area (Å²) in [4.78, 5) is 52.0. The second-order valence-electron chi connectivity index (χ2n) is 7.97. The number of para-hydroxylation sites is 1. The zero-order chi connectivity index (χ0) is 23.7. The van der Waals surface area contributed by atoms with Gasteiger partial charge in [-0.3, -0.25) is 19.1 Å². The lowest BCUT2D eigenvalue weighted by Crippen LogP contribution is -2.49. The van der Waals surface area contributed by atoms with Crippen LogP contribution in [0.2, 0.25) is 0 Å². The average molecular weight is 460 g/mol. The number of aromatic nitrogens is 4. The molecule has 4 aromatic rings. The Morgan fingerprint density at radius 2 is 1.68 bits per heavy atom. The zero-order valence-corrected chi connectivity index (χ0v) is 18.1. The molecule has 1 saturated heterocycles. The van der Waals surface area contributed by atoms with Crippen LogP contribution in [0, 0.1) is 5.82 Å². The van der Waals surface area contributed by atoms with E-state index < -0.39 is 23.0 Å². The third-order valence-electron chi connectivity index (χ3n) is 5.94. The number of rotatable bonds is 4. The molecule has 1 aliphatic heterocycles. The number of fused-ring (bicyclic) bond motifs is 1. The Morgan fingerprint density at radius 3 is 2.44 bits per heavy atom. The normalized spacial score (nSPS) is 13.9. The van der Waals surface area contributed by atoms with Crippen molar-refractivity contribution in [2.24, 2.45) is 0 Å². The molecule has 0 saturated carbocycles. The molecule has 1 amide bonds. The van der Waals surface area contributed by atoms with Crippen molar-refractivity contribution < 1.29 is 9.18 Å². The molecule has 0 aliphatic carbocycles. The zero-order valence-electron chi connectivity index (χ0n) is 18.1. The maximum absolute atomic E-state index is 15.5. The standard InChI is InChI=1S/C24H21FN6O3/c25-20-16(15-31-19-8-2-1-6-17(19)21(32)28-24(31)34)5-3-7-18(20)22(33)29-11-13-30(14-12-29)23-26-9-4-10-27-23/h1-10H,11-15H2,(H,28,32,34). The summed E-state index contributed by atoms with van der Waals surface area (Å²) in [6, 6.07) is 12.9. The second-order valence-corrected chi connectivity index (χ2v) is 7.97. The van der Waals surface area contributed by atoms with Gasteiger partial charge in [0.1, 0.15) is 5.82 Å². The van der Waals surface area contributed by atoms with E-state index in [1.807, 2.05) is 4.90 Å². The number of halogens is 1. The Morgan fingerprint density at radius 1 is 0.941 bits per heavy atom. The Labute approximate surface area is 193 Å². The van der Waals surface area contributed by atoms with E-state index in [4.69, 9.17) is 0 Å². The SMILES string of the molecule is O=C(c1cccc(Cn2c(=O)[nH]c(=O)c3ccccc32)c1F)N1CCN(c2ncccn2)CC1. The number of piperazine rings is 1. The largest absolute Gasteiger partial charge is 0.337 e. The van der Waals surface area contributed by atoms with Crippen molar-refractivity contribution in [2.45, 2.75) is 6.54 Å². The number of aromatic amines is 1. The molecular weight excluding hydrogens is 439 g/mol. The van der Waals surface area contributed by atoms with E-state index in [9.17, 15) is 14.4 Å². The van der Waals surface area contributed by atoms with Crippen LogP contribution in [0.5, 0.6) is 0 Å². The molecule has 1 fully saturated rings. The first kappa shape index (κ1) is 21.5. The molecule has 3 heterocycles. The van der Waals surface area contributed by atoms with E-state index in [1.54, 1.807) is 53.7 Å². The van der Waals surface area contributed by atoms with Gasteiger partial charge in [-0.15, -0.1) is 0 Å². The van der Waals surface area contributed by atoms with Gasteiger partial charge in [0.05, 0.1) is 23.0 Å². The first-order chi connectivity index (χ1) is 16.5. The van der Waals surface area contributed by atoms with Crippen molar-refractivity contribution in [3.63, 3.8) is 0 Å². The summed E-state index contributed by atoms with van der Waals surface area (Å²) in [6.45, 7) is 1.77. The Balaban J connectivity index is 1.39. The van der Waals surface area contributed by atoms with Gasteiger partial charge < -0.3 is 9.80 Å². The molecule has 0 unspecified atom stereocenters. The molecule has 0 atom stereocenters. The molecule has 34 heavy (non-hydrogen) atoms. The van der Waals surface area contributed by atoms with Crippen LogP contribution in [0.25, 0.3) is 10.9 Å². The van der Waals surface area contributed by atoms with E-state index in [1.165, 1.54) is 16.7 Å². The van der Waals surface area contributed by atoms with Crippen molar-refractivity contribution in [3.8, 4) is 0 Å². The summed E-state index contributed by atoms with van der Waals surface area (Å²) in [5.41, 5.74) is -0.614. The van der Waals surface area contributed by atoms with Crippen LogP contribution in [-0.4, -0.2) is 56.5 Å².